The van der Waals surface area contributed by atoms with Crippen molar-refractivity contribution in [2.24, 2.45) is 5.92 Å². The second-order valence-electron chi connectivity index (χ2n) is 5.08. The number of aromatic nitrogens is 1. The Morgan fingerprint density at radius 1 is 1.37 bits per heavy atom. The van der Waals surface area contributed by atoms with Gasteiger partial charge in [0.1, 0.15) is 10.6 Å². The van der Waals surface area contributed by atoms with Gasteiger partial charge in [-0.1, -0.05) is 5.16 Å². The van der Waals surface area contributed by atoms with E-state index >= 15 is 0 Å². The first kappa shape index (κ1) is 14.8. The maximum atomic E-state index is 12.6. The normalized spacial score (nSPS) is 27.3. The van der Waals surface area contributed by atoms with E-state index in [4.69, 9.17) is 4.52 Å². The predicted octanol–water partition coefficient (Wildman–Crippen LogP) is 0.696. The lowest BCUT2D eigenvalue weighted by Crippen LogP contribution is -2.34. The van der Waals surface area contributed by atoms with Crippen molar-refractivity contribution in [2.45, 2.75) is 31.2 Å². The molecule has 0 bridgehead atoms. The minimum Gasteiger partial charge on any atom is -0.360 e. The van der Waals surface area contributed by atoms with E-state index in [0.717, 1.165) is 13.0 Å². The fraction of sp³-hybridized carbons (Fsp3) is 0.727. The Morgan fingerprint density at radius 3 is 2.68 bits per heavy atom. The van der Waals surface area contributed by atoms with E-state index in [-0.39, 0.29) is 17.3 Å². The number of nitrogens with one attached hydrogen (secondary N) is 1. The molecule has 3 heterocycles. The van der Waals surface area contributed by atoms with Gasteiger partial charge in [-0.15, -0.1) is 12.4 Å². The van der Waals surface area contributed by atoms with Crippen LogP contribution in [0.15, 0.2) is 9.42 Å². The van der Waals surface area contributed by atoms with Crippen molar-refractivity contribution in [1.82, 2.24) is 14.8 Å². The van der Waals surface area contributed by atoms with Gasteiger partial charge >= 0.3 is 0 Å². The van der Waals surface area contributed by atoms with Crippen LogP contribution in [0.3, 0.4) is 0 Å². The summed E-state index contributed by atoms with van der Waals surface area (Å²) in [5.74, 6) is 0.817. The number of nitrogens with zero attached hydrogens (tertiary/aromatic N) is 2. The average molecular weight is 308 g/mol. The zero-order chi connectivity index (χ0) is 12.9. The number of rotatable bonds is 2. The third kappa shape index (κ3) is 2.29. The van der Waals surface area contributed by atoms with E-state index < -0.39 is 10.0 Å². The lowest BCUT2D eigenvalue weighted by atomic mass is 10.1. The molecule has 1 aromatic rings. The molecule has 2 aliphatic rings. The molecule has 0 aromatic carbocycles. The molecule has 0 unspecified atom stereocenters. The second-order valence-corrected chi connectivity index (χ2v) is 6.96. The van der Waals surface area contributed by atoms with Crippen LogP contribution in [0.1, 0.15) is 17.9 Å². The van der Waals surface area contributed by atoms with Crippen molar-refractivity contribution in [3.63, 3.8) is 0 Å². The van der Waals surface area contributed by atoms with Gasteiger partial charge in [-0.3, -0.25) is 0 Å². The second kappa shape index (κ2) is 5.05. The maximum absolute atomic E-state index is 12.6. The summed E-state index contributed by atoms with van der Waals surface area (Å²) in [7, 11) is -3.46. The van der Waals surface area contributed by atoms with Crippen LogP contribution in [-0.4, -0.2) is 43.6 Å². The van der Waals surface area contributed by atoms with Crippen molar-refractivity contribution < 1.29 is 12.9 Å². The summed E-state index contributed by atoms with van der Waals surface area (Å²) in [5.41, 5.74) is 0.442. The van der Waals surface area contributed by atoms with Gasteiger partial charge in [0.05, 0.1) is 0 Å². The molecular formula is C11H18ClN3O3S. The number of sulfonamides is 1. The Kier molecular flexibility index (Phi) is 3.92. The van der Waals surface area contributed by atoms with Crippen molar-refractivity contribution in [1.29, 1.82) is 0 Å². The standard InChI is InChI=1S/C11H17N3O3S.ClH/c1-7-11(8(2)17-13-7)18(15,16)14-5-9-3-4-12-10(9)6-14;/h9-10,12H,3-6H2,1-2H3;1H/t9-,10+;/m0./s1. The minimum absolute atomic E-state index is 0. The smallest absolute Gasteiger partial charge is 0.248 e. The molecule has 0 amide bonds. The highest BCUT2D eigenvalue weighted by atomic mass is 35.5. The molecule has 0 spiro atoms. The molecule has 108 valence electrons. The van der Waals surface area contributed by atoms with Crippen LogP contribution in [0.25, 0.3) is 0 Å². The zero-order valence-electron chi connectivity index (χ0n) is 10.9. The highest BCUT2D eigenvalue weighted by Gasteiger charge is 2.43. The van der Waals surface area contributed by atoms with Crippen LogP contribution in [0, 0.1) is 19.8 Å². The third-order valence-corrected chi connectivity index (χ3v) is 5.97. The van der Waals surface area contributed by atoms with Gasteiger partial charge in [0.2, 0.25) is 10.0 Å². The van der Waals surface area contributed by atoms with Crippen LogP contribution in [0.5, 0.6) is 0 Å². The molecule has 1 N–H and O–H groups in total. The summed E-state index contributed by atoms with van der Waals surface area (Å²) >= 11 is 0. The summed E-state index contributed by atoms with van der Waals surface area (Å²) in [5, 5.41) is 7.08. The summed E-state index contributed by atoms with van der Waals surface area (Å²) < 4.78 is 31.7. The van der Waals surface area contributed by atoms with Crippen molar-refractivity contribution in [3.8, 4) is 0 Å². The first-order valence-corrected chi connectivity index (χ1v) is 7.60. The Hall–Kier alpha value is -0.630. The summed E-state index contributed by atoms with van der Waals surface area (Å²) in [6.07, 6.45) is 1.05. The summed E-state index contributed by atoms with van der Waals surface area (Å²) in [6, 6.07) is 0.306. The van der Waals surface area contributed by atoms with Crippen molar-refractivity contribution in [3.05, 3.63) is 11.5 Å². The molecule has 2 aliphatic heterocycles. The van der Waals surface area contributed by atoms with Crippen LogP contribution >= 0.6 is 12.4 Å². The molecule has 2 atom stereocenters. The Balaban J connectivity index is 0.00000133. The molecule has 6 nitrogen and oxygen atoms in total. The maximum Gasteiger partial charge on any atom is 0.248 e. The Bertz CT molecular complexity index is 540. The predicted molar refractivity (Wildman–Crippen MR) is 71.9 cm³/mol. The van der Waals surface area contributed by atoms with E-state index in [1.807, 2.05) is 0 Å². The van der Waals surface area contributed by atoms with Crippen molar-refractivity contribution >= 4 is 22.4 Å². The average Bonchev–Trinajstić information content (AvgIpc) is 2.91. The molecule has 2 saturated heterocycles. The number of aryl methyl sites for hydroxylation is 2. The highest BCUT2D eigenvalue weighted by molar-refractivity contribution is 7.89. The molecule has 1 aromatic heterocycles. The summed E-state index contributed by atoms with van der Waals surface area (Å²) in [4.78, 5) is 0.238. The number of fused-ring (bicyclic) bond motifs is 1. The van der Waals surface area contributed by atoms with Gasteiger partial charge in [-0.25, -0.2) is 8.42 Å². The van der Waals surface area contributed by atoms with Crippen molar-refractivity contribution in [2.75, 3.05) is 19.6 Å². The molecule has 2 fully saturated rings. The molecule has 0 radical (unpaired) electrons. The van der Waals surface area contributed by atoms with Gasteiger partial charge in [0.15, 0.2) is 5.76 Å². The van der Waals surface area contributed by atoms with Crippen LogP contribution in [-0.2, 0) is 10.0 Å². The quantitative estimate of drug-likeness (QED) is 0.870. The monoisotopic (exact) mass is 307 g/mol. The largest absolute Gasteiger partial charge is 0.360 e. The van der Waals surface area contributed by atoms with E-state index in [0.29, 0.717) is 36.5 Å². The molecule has 8 heteroatoms. The molecule has 0 saturated carbocycles. The molecule has 19 heavy (non-hydrogen) atoms. The lowest BCUT2D eigenvalue weighted by molar-refractivity contribution is 0.389. The van der Waals surface area contributed by atoms with E-state index in [2.05, 4.69) is 10.5 Å². The van der Waals surface area contributed by atoms with Gasteiger partial charge in [-0.05, 0) is 32.7 Å². The first-order valence-electron chi connectivity index (χ1n) is 6.16. The van der Waals surface area contributed by atoms with Crippen LogP contribution in [0.4, 0.5) is 0 Å². The fourth-order valence-corrected chi connectivity index (χ4v) is 4.79. The SMILES string of the molecule is Cc1noc(C)c1S(=O)(=O)N1C[C@@H]2CCN[C@@H]2C1.Cl. The van der Waals surface area contributed by atoms with Crippen LogP contribution in [0.2, 0.25) is 0 Å². The third-order valence-electron chi connectivity index (χ3n) is 3.89. The van der Waals surface area contributed by atoms with Crippen LogP contribution < -0.4 is 5.32 Å². The van der Waals surface area contributed by atoms with Gasteiger partial charge < -0.3 is 9.84 Å². The Morgan fingerprint density at radius 2 is 2.11 bits per heavy atom. The summed E-state index contributed by atoms with van der Waals surface area (Å²) in [6.45, 7) is 5.45. The zero-order valence-corrected chi connectivity index (χ0v) is 12.6. The fourth-order valence-electron chi connectivity index (χ4n) is 2.98. The van der Waals surface area contributed by atoms with Gasteiger partial charge in [0, 0.05) is 19.1 Å². The molecule has 3 rings (SSSR count). The number of hydrogen-bond donors (Lipinski definition) is 1. The lowest BCUT2D eigenvalue weighted by Gasteiger charge is -2.16. The van der Waals surface area contributed by atoms with Gasteiger partial charge in [0.25, 0.3) is 0 Å². The first-order chi connectivity index (χ1) is 8.50. The molecular weight excluding hydrogens is 290 g/mol. The van der Waals surface area contributed by atoms with E-state index in [1.54, 1.807) is 18.2 Å². The highest BCUT2D eigenvalue weighted by Crippen LogP contribution is 2.31. The van der Waals surface area contributed by atoms with E-state index in [9.17, 15) is 8.42 Å². The van der Waals surface area contributed by atoms with E-state index in [1.165, 1.54) is 0 Å². The number of hydrogen-bond acceptors (Lipinski definition) is 5. The number of halogens is 1. The minimum atomic E-state index is -3.46. The molecule has 0 aliphatic carbocycles. The van der Waals surface area contributed by atoms with Gasteiger partial charge in [-0.2, -0.15) is 4.31 Å². The Labute approximate surface area is 119 Å². The topological polar surface area (TPSA) is 75.4 Å².